The molecule has 0 radical (unpaired) electrons. The third kappa shape index (κ3) is 9.48. The highest BCUT2D eigenvalue weighted by molar-refractivity contribution is 5.66. The molecule has 0 aromatic rings. The standard InChI is InChI=1S/C10H21NO3/c1-3-14-8-9(2)11-7-5-4-6-10(12)13/h9,11H,3-8H2,1-2H3,(H,12,13). The third-order valence-electron chi connectivity index (χ3n) is 1.88. The normalized spacial score (nSPS) is 12.7. The maximum Gasteiger partial charge on any atom is 0.303 e. The molecular formula is C10H21NO3. The van der Waals surface area contributed by atoms with E-state index < -0.39 is 5.97 Å². The highest BCUT2D eigenvalue weighted by Crippen LogP contribution is 1.94. The maximum absolute atomic E-state index is 10.2. The van der Waals surface area contributed by atoms with E-state index in [-0.39, 0.29) is 6.42 Å². The zero-order chi connectivity index (χ0) is 10.8. The molecule has 0 rings (SSSR count). The van der Waals surface area contributed by atoms with Crippen LogP contribution in [0.4, 0.5) is 0 Å². The fourth-order valence-electron chi connectivity index (χ4n) is 1.10. The van der Waals surface area contributed by atoms with Crippen molar-refractivity contribution in [2.45, 2.75) is 39.2 Å². The third-order valence-corrected chi connectivity index (χ3v) is 1.88. The van der Waals surface area contributed by atoms with E-state index in [2.05, 4.69) is 12.2 Å². The van der Waals surface area contributed by atoms with Crippen LogP contribution in [0.1, 0.15) is 33.1 Å². The van der Waals surface area contributed by atoms with Crippen molar-refractivity contribution in [3.05, 3.63) is 0 Å². The van der Waals surface area contributed by atoms with Gasteiger partial charge in [-0.1, -0.05) is 0 Å². The lowest BCUT2D eigenvalue weighted by atomic mass is 10.2. The van der Waals surface area contributed by atoms with Crippen molar-refractivity contribution in [3.63, 3.8) is 0 Å². The average molecular weight is 203 g/mol. The minimum Gasteiger partial charge on any atom is -0.481 e. The Bertz CT molecular complexity index is 150. The van der Waals surface area contributed by atoms with Crippen LogP contribution in [0, 0.1) is 0 Å². The fraction of sp³-hybridized carbons (Fsp3) is 0.900. The predicted molar refractivity (Wildman–Crippen MR) is 55.4 cm³/mol. The van der Waals surface area contributed by atoms with Crippen LogP contribution in [-0.4, -0.2) is 36.9 Å². The molecule has 0 amide bonds. The lowest BCUT2D eigenvalue weighted by molar-refractivity contribution is -0.137. The number of hydrogen-bond acceptors (Lipinski definition) is 3. The van der Waals surface area contributed by atoms with Gasteiger partial charge >= 0.3 is 5.97 Å². The van der Waals surface area contributed by atoms with Crippen molar-refractivity contribution in [3.8, 4) is 0 Å². The topological polar surface area (TPSA) is 58.6 Å². The van der Waals surface area contributed by atoms with Crippen molar-refractivity contribution in [2.24, 2.45) is 0 Å². The number of carboxylic acids is 1. The van der Waals surface area contributed by atoms with Crippen LogP contribution < -0.4 is 5.32 Å². The van der Waals surface area contributed by atoms with Crippen molar-refractivity contribution >= 4 is 5.97 Å². The van der Waals surface area contributed by atoms with Gasteiger partial charge in [-0.3, -0.25) is 4.79 Å². The van der Waals surface area contributed by atoms with Crippen LogP contribution in [0.5, 0.6) is 0 Å². The van der Waals surface area contributed by atoms with Gasteiger partial charge in [0.2, 0.25) is 0 Å². The van der Waals surface area contributed by atoms with Gasteiger partial charge in [-0.05, 0) is 33.2 Å². The Morgan fingerprint density at radius 3 is 2.79 bits per heavy atom. The molecule has 4 heteroatoms. The molecule has 4 nitrogen and oxygen atoms in total. The summed E-state index contributed by atoms with van der Waals surface area (Å²) in [7, 11) is 0. The van der Waals surface area contributed by atoms with Crippen LogP contribution in [-0.2, 0) is 9.53 Å². The van der Waals surface area contributed by atoms with E-state index in [0.717, 1.165) is 32.6 Å². The second-order valence-electron chi connectivity index (χ2n) is 3.37. The van der Waals surface area contributed by atoms with Crippen molar-refractivity contribution in [1.29, 1.82) is 0 Å². The van der Waals surface area contributed by atoms with E-state index >= 15 is 0 Å². The highest BCUT2D eigenvalue weighted by Gasteiger charge is 2.00. The molecular weight excluding hydrogens is 182 g/mol. The molecule has 1 unspecified atom stereocenters. The van der Waals surface area contributed by atoms with Gasteiger partial charge in [-0.25, -0.2) is 0 Å². The molecule has 0 fully saturated rings. The molecule has 0 heterocycles. The van der Waals surface area contributed by atoms with E-state index in [0.29, 0.717) is 6.04 Å². The van der Waals surface area contributed by atoms with E-state index in [4.69, 9.17) is 9.84 Å². The minimum absolute atomic E-state index is 0.265. The number of carboxylic acid groups (broad SMARTS) is 1. The van der Waals surface area contributed by atoms with E-state index in [1.807, 2.05) is 6.92 Å². The van der Waals surface area contributed by atoms with Gasteiger partial charge in [0, 0.05) is 19.1 Å². The zero-order valence-electron chi connectivity index (χ0n) is 9.08. The average Bonchev–Trinajstić information content (AvgIpc) is 2.13. The highest BCUT2D eigenvalue weighted by atomic mass is 16.5. The first-order chi connectivity index (χ1) is 6.66. The van der Waals surface area contributed by atoms with Crippen LogP contribution in [0.25, 0.3) is 0 Å². The summed E-state index contributed by atoms with van der Waals surface area (Å²) in [5.74, 6) is -0.715. The molecule has 0 saturated carbocycles. The number of hydrogen-bond donors (Lipinski definition) is 2. The zero-order valence-corrected chi connectivity index (χ0v) is 9.08. The van der Waals surface area contributed by atoms with Gasteiger partial charge < -0.3 is 15.2 Å². The molecule has 84 valence electrons. The fourth-order valence-corrected chi connectivity index (χ4v) is 1.10. The smallest absolute Gasteiger partial charge is 0.303 e. The monoisotopic (exact) mass is 203 g/mol. The summed E-state index contributed by atoms with van der Waals surface area (Å²) in [4.78, 5) is 10.2. The number of nitrogens with one attached hydrogen (secondary N) is 1. The van der Waals surface area contributed by atoms with Gasteiger partial charge in [0.15, 0.2) is 0 Å². The number of unbranched alkanes of at least 4 members (excludes halogenated alkanes) is 1. The molecule has 0 aliphatic heterocycles. The Morgan fingerprint density at radius 2 is 2.21 bits per heavy atom. The predicted octanol–water partition coefficient (Wildman–Crippen LogP) is 1.26. The maximum atomic E-state index is 10.2. The summed E-state index contributed by atoms with van der Waals surface area (Å²) in [5.41, 5.74) is 0. The van der Waals surface area contributed by atoms with Gasteiger partial charge in [0.1, 0.15) is 0 Å². The number of rotatable bonds is 9. The summed E-state index contributed by atoms with van der Waals surface area (Å²) >= 11 is 0. The first-order valence-electron chi connectivity index (χ1n) is 5.19. The molecule has 0 aromatic carbocycles. The minimum atomic E-state index is -0.715. The number of carbonyl (C=O) groups is 1. The van der Waals surface area contributed by atoms with Crippen LogP contribution >= 0.6 is 0 Å². The molecule has 0 aromatic heterocycles. The van der Waals surface area contributed by atoms with Crippen molar-refractivity contribution in [2.75, 3.05) is 19.8 Å². The lowest BCUT2D eigenvalue weighted by Crippen LogP contribution is -2.31. The Balaban J connectivity index is 3.14. The molecule has 0 bridgehead atoms. The molecule has 0 aliphatic rings. The first kappa shape index (κ1) is 13.4. The Kier molecular flexibility index (Phi) is 8.57. The molecule has 2 N–H and O–H groups in total. The Hall–Kier alpha value is -0.610. The van der Waals surface area contributed by atoms with Crippen molar-refractivity contribution < 1.29 is 14.6 Å². The van der Waals surface area contributed by atoms with E-state index in [1.54, 1.807) is 0 Å². The molecule has 0 saturated heterocycles. The first-order valence-corrected chi connectivity index (χ1v) is 5.19. The molecule has 0 spiro atoms. The summed E-state index contributed by atoms with van der Waals surface area (Å²) in [5, 5.41) is 11.7. The van der Waals surface area contributed by atoms with Gasteiger partial charge in [-0.15, -0.1) is 0 Å². The molecule has 14 heavy (non-hydrogen) atoms. The summed E-state index contributed by atoms with van der Waals surface area (Å²) in [6, 6.07) is 0.347. The summed E-state index contributed by atoms with van der Waals surface area (Å²) in [6.07, 6.45) is 1.91. The van der Waals surface area contributed by atoms with E-state index in [1.165, 1.54) is 0 Å². The van der Waals surface area contributed by atoms with Crippen LogP contribution in [0.2, 0.25) is 0 Å². The quantitative estimate of drug-likeness (QED) is 0.554. The van der Waals surface area contributed by atoms with Gasteiger partial charge in [0.25, 0.3) is 0 Å². The Labute approximate surface area is 85.6 Å². The molecule has 1 atom stereocenters. The van der Waals surface area contributed by atoms with Gasteiger partial charge in [0.05, 0.1) is 6.61 Å². The SMILES string of the molecule is CCOCC(C)NCCCCC(=O)O. The molecule has 0 aliphatic carbocycles. The number of aliphatic carboxylic acids is 1. The Morgan fingerprint density at radius 1 is 1.50 bits per heavy atom. The largest absolute Gasteiger partial charge is 0.481 e. The van der Waals surface area contributed by atoms with Crippen molar-refractivity contribution in [1.82, 2.24) is 5.32 Å². The number of ether oxygens (including phenoxy) is 1. The van der Waals surface area contributed by atoms with E-state index in [9.17, 15) is 4.79 Å². The summed E-state index contributed by atoms with van der Waals surface area (Å²) in [6.45, 7) is 6.36. The van der Waals surface area contributed by atoms with Crippen LogP contribution in [0.3, 0.4) is 0 Å². The second kappa shape index (κ2) is 8.97. The second-order valence-corrected chi connectivity index (χ2v) is 3.37. The van der Waals surface area contributed by atoms with Gasteiger partial charge in [-0.2, -0.15) is 0 Å². The lowest BCUT2D eigenvalue weighted by Gasteiger charge is -2.12. The summed E-state index contributed by atoms with van der Waals surface area (Å²) < 4.78 is 5.23. The van der Waals surface area contributed by atoms with Crippen LogP contribution in [0.15, 0.2) is 0 Å².